The summed E-state index contributed by atoms with van der Waals surface area (Å²) in [6, 6.07) is 0. The Morgan fingerprint density at radius 2 is 2.46 bits per heavy atom. The van der Waals surface area contributed by atoms with E-state index in [1.807, 2.05) is 18.8 Å². The molecule has 0 spiro atoms. The smallest absolute Gasteiger partial charge is 0.0670 e. The van der Waals surface area contributed by atoms with Gasteiger partial charge in [0.25, 0.3) is 0 Å². The second-order valence-corrected chi connectivity index (χ2v) is 4.85. The van der Waals surface area contributed by atoms with E-state index in [2.05, 4.69) is 30.1 Å². The molecule has 3 heteroatoms. The number of nitrogens with zero attached hydrogens (tertiary/aromatic N) is 1. The van der Waals surface area contributed by atoms with E-state index in [9.17, 15) is 0 Å². The Hall–Kier alpha value is -0.150. The molecule has 0 aromatic carbocycles. The number of likely N-dealkylation sites (N-methyl/N-ethyl adjacent to an activating group) is 2. The van der Waals surface area contributed by atoms with Crippen LogP contribution in [0.4, 0.5) is 0 Å². The molecule has 0 saturated heterocycles. The minimum atomic E-state index is 0.777. The fourth-order valence-electron chi connectivity index (χ4n) is 1.44. The first-order valence-electron chi connectivity index (χ1n) is 5.04. The molecule has 1 aliphatic heterocycles. The lowest BCUT2D eigenvalue weighted by Crippen LogP contribution is -2.28. The number of hydrogen-bond acceptors (Lipinski definition) is 3. The van der Waals surface area contributed by atoms with Crippen LogP contribution in [0.1, 0.15) is 20.3 Å². The summed E-state index contributed by atoms with van der Waals surface area (Å²) in [7, 11) is 2.01. The van der Waals surface area contributed by atoms with Crippen molar-refractivity contribution in [3.63, 3.8) is 0 Å². The van der Waals surface area contributed by atoms with Crippen LogP contribution in [-0.2, 0) is 0 Å². The van der Waals surface area contributed by atoms with Crippen LogP contribution >= 0.6 is 11.8 Å². The Labute approximate surface area is 85.8 Å². The van der Waals surface area contributed by atoms with Gasteiger partial charge in [-0.25, -0.2) is 0 Å². The number of allylic oxidation sites excluding steroid dienone is 1. The van der Waals surface area contributed by atoms with Crippen molar-refractivity contribution in [1.82, 2.24) is 10.2 Å². The fourth-order valence-corrected chi connectivity index (χ4v) is 2.61. The molecule has 0 aromatic heterocycles. The maximum Gasteiger partial charge on any atom is 0.0670 e. The first-order chi connectivity index (χ1) is 6.27. The van der Waals surface area contributed by atoms with Crippen LogP contribution in [0.2, 0.25) is 0 Å². The van der Waals surface area contributed by atoms with Crippen molar-refractivity contribution in [1.29, 1.82) is 0 Å². The van der Waals surface area contributed by atoms with Crippen LogP contribution in [-0.4, -0.2) is 36.8 Å². The number of nitrogens with one attached hydrogen (secondary N) is 1. The lowest BCUT2D eigenvalue weighted by Gasteiger charge is -2.23. The average Bonchev–Trinajstić information content (AvgIpc) is 2.54. The quantitative estimate of drug-likeness (QED) is 0.729. The van der Waals surface area contributed by atoms with E-state index in [0.717, 1.165) is 24.9 Å². The molecule has 0 aliphatic carbocycles. The highest BCUT2D eigenvalue weighted by Gasteiger charge is 2.17. The fraction of sp³-hybridized carbons (Fsp3) is 0.800. The zero-order chi connectivity index (χ0) is 9.68. The van der Waals surface area contributed by atoms with Gasteiger partial charge < -0.3 is 10.2 Å². The topological polar surface area (TPSA) is 15.3 Å². The summed E-state index contributed by atoms with van der Waals surface area (Å²) in [6.45, 7) is 7.83. The normalized spacial score (nSPS) is 21.8. The second kappa shape index (κ2) is 5.55. The van der Waals surface area contributed by atoms with Gasteiger partial charge >= 0.3 is 0 Å². The molecule has 13 heavy (non-hydrogen) atoms. The molecule has 0 saturated carbocycles. The zero-order valence-electron chi connectivity index (χ0n) is 8.84. The molecule has 0 aromatic rings. The zero-order valence-corrected chi connectivity index (χ0v) is 9.66. The Kier molecular flexibility index (Phi) is 4.67. The second-order valence-electron chi connectivity index (χ2n) is 3.39. The summed E-state index contributed by atoms with van der Waals surface area (Å²) in [4.78, 5) is 2.45. The lowest BCUT2D eigenvalue weighted by atomic mass is 10.3. The monoisotopic (exact) mass is 200 g/mol. The molecule has 76 valence electrons. The maximum absolute atomic E-state index is 3.19. The largest absolute Gasteiger partial charge is 0.366 e. The predicted octanol–water partition coefficient (Wildman–Crippen LogP) is 1.89. The Balaban J connectivity index is 2.37. The van der Waals surface area contributed by atoms with Crippen LogP contribution in [0.5, 0.6) is 0 Å². The van der Waals surface area contributed by atoms with Gasteiger partial charge in [-0.15, -0.1) is 11.8 Å². The molecule has 1 aliphatic rings. The van der Waals surface area contributed by atoms with Crippen LogP contribution in [0, 0.1) is 0 Å². The predicted molar refractivity (Wildman–Crippen MR) is 60.9 cm³/mol. The molecule has 0 amide bonds. The first kappa shape index (κ1) is 10.9. The average molecular weight is 200 g/mol. The molecule has 1 atom stereocenters. The lowest BCUT2D eigenvalue weighted by molar-refractivity contribution is 0.386. The maximum atomic E-state index is 3.19. The summed E-state index contributed by atoms with van der Waals surface area (Å²) >= 11 is 2.01. The third kappa shape index (κ3) is 3.24. The van der Waals surface area contributed by atoms with Gasteiger partial charge in [0.2, 0.25) is 0 Å². The molecule has 1 heterocycles. The molecule has 0 fully saturated rings. The van der Waals surface area contributed by atoms with E-state index in [0.29, 0.717) is 0 Å². The van der Waals surface area contributed by atoms with E-state index in [1.165, 1.54) is 11.4 Å². The molecular formula is C10H20N2S. The van der Waals surface area contributed by atoms with Gasteiger partial charge in [0, 0.05) is 24.9 Å². The minimum Gasteiger partial charge on any atom is -0.366 e. The van der Waals surface area contributed by atoms with Crippen molar-refractivity contribution in [2.24, 2.45) is 0 Å². The van der Waals surface area contributed by atoms with Crippen molar-refractivity contribution in [2.45, 2.75) is 25.5 Å². The van der Waals surface area contributed by atoms with Gasteiger partial charge in [-0.05, 0) is 20.4 Å². The minimum absolute atomic E-state index is 0.777. The number of rotatable bonds is 5. The van der Waals surface area contributed by atoms with E-state index in [4.69, 9.17) is 0 Å². The van der Waals surface area contributed by atoms with E-state index in [-0.39, 0.29) is 0 Å². The SMILES string of the molecule is CCN(CCNC)C1=CC[C@@H](C)S1. The number of thioether (sulfide) groups is 1. The van der Waals surface area contributed by atoms with Crippen molar-refractivity contribution >= 4 is 11.8 Å². The first-order valence-corrected chi connectivity index (χ1v) is 5.92. The highest BCUT2D eigenvalue weighted by Crippen LogP contribution is 2.33. The molecule has 0 bridgehead atoms. The third-order valence-corrected chi connectivity index (χ3v) is 3.53. The van der Waals surface area contributed by atoms with Gasteiger partial charge in [0.05, 0.1) is 5.03 Å². The summed E-state index contributed by atoms with van der Waals surface area (Å²) < 4.78 is 0. The molecular weight excluding hydrogens is 180 g/mol. The van der Waals surface area contributed by atoms with Crippen LogP contribution < -0.4 is 5.32 Å². The van der Waals surface area contributed by atoms with Crippen LogP contribution in [0.15, 0.2) is 11.1 Å². The third-order valence-electron chi connectivity index (χ3n) is 2.27. The Morgan fingerprint density at radius 3 is 2.92 bits per heavy atom. The molecule has 0 radical (unpaired) electrons. The Bertz CT molecular complexity index is 180. The van der Waals surface area contributed by atoms with Crippen molar-refractivity contribution in [2.75, 3.05) is 26.7 Å². The van der Waals surface area contributed by atoms with Crippen molar-refractivity contribution in [3.05, 3.63) is 11.1 Å². The molecule has 1 rings (SSSR count). The van der Waals surface area contributed by atoms with E-state index < -0.39 is 0 Å². The molecule has 2 nitrogen and oxygen atoms in total. The summed E-state index contributed by atoms with van der Waals surface area (Å²) in [5, 5.41) is 5.44. The molecule has 0 unspecified atom stereocenters. The highest BCUT2D eigenvalue weighted by atomic mass is 32.2. The summed E-state index contributed by atoms with van der Waals surface area (Å²) in [6.07, 6.45) is 3.60. The van der Waals surface area contributed by atoms with Crippen molar-refractivity contribution in [3.8, 4) is 0 Å². The van der Waals surface area contributed by atoms with E-state index in [1.54, 1.807) is 0 Å². The van der Waals surface area contributed by atoms with Gasteiger partial charge in [0.1, 0.15) is 0 Å². The Morgan fingerprint density at radius 1 is 1.69 bits per heavy atom. The number of hydrogen-bond donors (Lipinski definition) is 1. The van der Waals surface area contributed by atoms with Gasteiger partial charge in [-0.3, -0.25) is 0 Å². The summed E-state index contributed by atoms with van der Waals surface area (Å²) in [5.74, 6) is 0. The van der Waals surface area contributed by atoms with Crippen LogP contribution in [0.25, 0.3) is 0 Å². The molecule has 1 N–H and O–H groups in total. The van der Waals surface area contributed by atoms with Gasteiger partial charge in [0.15, 0.2) is 0 Å². The highest BCUT2D eigenvalue weighted by molar-refractivity contribution is 8.03. The van der Waals surface area contributed by atoms with Gasteiger partial charge in [-0.2, -0.15) is 0 Å². The standard InChI is InChI=1S/C10H20N2S/c1-4-12(8-7-11-3)10-6-5-9(2)13-10/h6,9,11H,4-5,7-8H2,1-3H3/t9-/m1/s1. The van der Waals surface area contributed by atoms with Crippen molar-refractivity contribution < 1.29 is 0 Å². The van der Waals surface area contributed by atoms with Crippen LogP contribution in [0.3, 0.4) is 0 Å². The van der Waals surface area contributed by atoms with Gasteiger partial charge in [-0.1, -0.05) is 13.0 Å². The summed E-state index contributed by atoms with van der Waals surface area (Å²) in [5.41, 5.74) is 0. The van der Waals surface area contributed by atoms with E-state index >= 15 is 0 Å².